The molecule has 0 radical (unpaired) electrons. The lowest BCUT2D eigenvalue weighted by Gasteiger charge is -2.14. The number of nitrogens with one attached hydrogen (secondary N) is 1. The van der Waals surface area contributed by atoms with Crippen molar-refractivity contribution in [3.05, 3.63) is 60.4 Å². The summed E-state index contributed by atoms with van der Waals surface area (Å²) in [6, 6.07) is 17.9. The summed E-state index contributed by atoms with van der Waals surface area (Å²) in [4.78, 5) is 15.9. The van der Waals surface area contributed by atoms with E-state index in [1.54, 1.807) is 0 Å². The Bertz CT molecular complexity index is 860. The molecule has 128 valence electrons. The van der Waals surface area contributed by atoms with E-state index in [2.05, 4.69) is 16.0 Å². The van der Waals surface area contributed by atoms with Gasteiger partial charge in [0.25, 0.3) is 0 Å². The second kappa shape index (κ2) is 7.07. The van der Waals surface area contributed by atoms with Crippen LogP contribution in [0.4, 0.5) is 0 Å². The van der Waals surface area contributed by atoms with Crippen molar-refractivity contribution < 1.29 is 9.53 Å². The van der Waals surface area contributed by atoms with Gasteiger partial charge in [-0.15, -0.1) is 0 Å². The van der Waals surface area contributed by atoms with Crippen LogP contribution in [0, 0.1) is 0 Å². The van der Waals surface area contributed by atoms with Gasteiger partial charge in [0.15, 0.2) is 0 Å². The van der Waals surface area contributed by atoms with Crippen molar-refractivity contribution in [2.24, 2.45) is 0 Å². The van der Waals surface area contributed by atoms with Gasteiger partial charge in [-0.05, 0) is 30.7 Å². The van der Waals surface area contributed by atoms with Gasteiger partial charge in [0, 0.05) is 12.5 Å². The lowest BCUT2D eigenvalue weighted by atomic mass is 10.1. The maximum Gasteiger partial charge on any atom is 0.136 e. The summed E-state index contributed by atoms with van der Waals surface area (Å²) in [7, 11) is 0. The normalized spacial score (nSPS) is 20.0. The van der Waals surface area contributed by atoms with Crippen molar-refractivity contribution in [2.45, 2.75) is 24.9 Å². The third-order valence-electron chi connectivity index (χ3n) is 4.71. The molecule has 1 aliphatic heterocycles. The average Bonchev–Trinajstić information content (AvgIpc) is 3.27. The number of rotatable bonds is 6. The number of imidazole rings is 1. The molecule has 25 heavy (non-hydrogen) atoms. The van der Waals surface area contributed by atoms with E-state index in [0.29, 0.717) is 6.61 Å². The van der Waals surface area contributed by atoms with E-state index in [0.717, 1.165) is 48.4 Å². The van der Waals surface area contributed by atoms with E-state index in [1.165, 1.54) is 0 Å². The van der Waals surface area contributed by atoms with Crippen LogP contribution in [-0.4, -0.2) is 35.0 Å². The molecule has 2 heterocycles. The summed E-state index contributed by atoms with van der Waals surface area (Å²) in [6.45, 7) is 2.09. The number of aldehydes is 1. The minimum atomic E-state index is -0.0705. The summed E-state index contributed by atoms with van der Waals surface area (Å²) in [5.74, 6) is 2.16. The molecule has 0 saturated carbocycles. The topological polar surface area (TPSA) is 56.2 Å². The third kappa shape index (κ3) is 3.28. The zero-order chi connectivity index (χ0) is 17.1. The molecule has 5 heteroatoms. The maximum atomic E-state index is 11.1. The highest BCUT2D eigenvalue weighted by Gasteiger charge is 2.29. The molecule has 1 saturated heterocycles. The number of hydrogen-bond acceptors (Lipinski definition) is 4. The molecule has 0 spiro atoms. The molecular formula is C20H21N3O2. The Morgan fingerprint density at radius 2 is 1.96 bits per heavy atom. The van der Waals surface area contributed by atoms with Crippen LogP contribution < -0.4 is 10.1 Å². The highest BCUT2D eigenvalue weighted by molar-refractivity contribution is 5.76. The van der Waals surface area contributed by atoms with Crippen molar-refractivity contribution in [1.82, 2.24) is 14.9 Å². The Hall–Kier alpha value is -2.66. The number of carbonyl (C=O) groups excluding carboxylic acids is 1. The van der Waals surface area contributed by atoms with Crippen LogP contribution in [0.3, 0.4) is 0 Å². The highest BCUT2D eigenvalue weighted by atomic mass is 16.5. The Labute approximate surface area is 146 Å². The standard InChI is InChI=1S/C20H21N3O2/c24-14-16-12-15(13-21-16)20-22-18-8-4-5-9-19(18)23(20)10-11-25-17-6-2-1-3-7-17/h1-9,14-16,21H,10-13H2. The van der Waals surface area contributed by atoms with E-state index in [9.17, 15) is 4.79 Å². The van der Waals surface area contributed by atoms with Gasteiger partial charge < -0.3 is 19.4 Å². The Morgan fingerprint density at radius 3 is 2.76 bits per heavy atom. The van der Waals surface area contributed by atoms with Crippen molar-refractivity contribution in [3.8, 4) is 5.75 Å². The Balaban J connectivity index is 1.57. The van der Waals surface area contributed by atoms with E-state index in [4.69, 9.17) is 9.72 Å². The van der Waals surface area contributed by atoms with Crippen LogP contribution >= 0.6 is 0 Å². The smallest absolute Gasteiger partial charge is 0.136 e. The SMILES string of the molecule is O=CC1CC(c2nc3ccccc3n2CCOc2ccccc2)CN1. The summed E-state index contributed by atoms with van der Waals surface area (Å²) in [5.41, 5.74) is 2.11. The molecular weight excluding hydrogens is 314 g/mol. The molecule has 2 unspecified atom stereocenters. The molecule has 1 N–H and O–H groups in total. The number of fused-ring (bicyclic) bond motifs is 1. The molecule has 0 bridgehead atoms. The molecule has 2 aromatic carbocycles. The first kappa shape index (κ1) is 15.8. The number of nitrogens with zero attached hydrogens (tertiary/aromatic N) is 2. The van der Waals surface area contributed by atoms with Crippen LogP contribution in [0.5, 0.6) is 5.75 Å². The number of carbonyl (C=O) groups is 1. The lowest BCUT2D eigenvalue weighted by Crippen LogP contribution is -2.22. The molecule has 5 nitrogen and oxygen atoms in total. The van der Waals surface area contributed by atoms with E-state index < -0.39 is 0 Å². The second-order valence-electron chi connectivity index (χ2n) is 6.36. The van der Waals surface area contributed by atoms with Crippen LogP contribution in [0.25, 0.3) is 11.0 Å². The fourth-order valence-electron chi connectivity index (χ4n) is 3.48. The minimum absolute atomic E-state index is 0.0705. The monoisotopic (exact) mass is 335 g/mol. The van der Waals surface area contributed by atoms with Crippen LogP contribution in [0.1, 0.15) is 18.2 Å². The van der Waals surface area contributed by atoms with Crippen LogP contribution in [-0.2, 0) is 11.3 Å². The first-order chi connectivity index (χ1) is 12.3. The number of aromatic nitrogens is 2. The minimum Gasteiger partial charge on any atom is -0.492 e. The van der Waals surface area contributed by atoms with Crippen molar-refractivity contribution in [3.63, 3.8) is 0 Å². The Kier molecular flexibility index (Phi) is 4.48. The Morgan fingerprint density at radius 1 is 1.16 bits per heavy atom. The largest absolute Gasteiger partial charge is 0.492 e. The van der Waals surface area contributed by atoms with E-state index in [-0.39, 0.29) is 12.0 Å². The molecule has 4 rings (SSSR count). The van der Waals surface area contributed by atoms with Gasteiger partial charge in [0.1, 0.15) is 24.5 Å². The molecule has 1 fully saturated rings. The predicted octanol–water partition coefficient (Wildman–Crippen LogP) is 2.76. The molecule has 2 atom stereocenters. The predicted molar refractivity (Wildman–Crippen MR) is 96.9 cm³/mol. The molecule has 3 aromatic rings. The second-order valence-corrected chi connectivity index (χ2v) is 6.36. The van der Waals surface area contributed by atoms with Gasteiger partial charge in [-0.1, -0.05) is 30.3 Å². The fraction of sp³-hybridized carbons (Fsp3) is 0.300. The summed E-state index contributed by atoms with van der Waals surface area (Å²) in [6.07, 6.45) is 1.79. The first-order valence-electron chi connectivity index (χ1n) is 8.67. The van der Waals surface area contributed by atoms with E-state index in [1.807, 2.05) is 48.5 Å². The zero-order valence-corrected chi connectivity index (χ0v) is 14.0. The third-order valence-corrected chi connectivity index (χ3v) is 4.71. The summed E-state index contributed by atoms with van der Waals surface area (Å²) in [5, 5.41) is 3.26. The summed E-state index contributed by atoms with van der Waals surface area (Å²) >= 11 is 0. The van der Waals surface area contributed by atoms with Gasteiger partial charge in [-0.25, -0.2) is 4.98 Å². The molecule has 0 amide bonds. The molecule has 0 aliphatic carbocycles. The van der Waals surface area contributed by atoms with Crippen molar-refractivity contribution in [1.29, 1.82) is 0 Å². The van der Waals surface area contributed by atoms with Gasteiger partial charge >= 0.3 is 0 Å². The van der Waals surface area contributed by atoms with Crippen molar-refractivity contribution in [2.75, 3.05) is 13.2 Å². The lowest BCUT2D eigenvalue weighted by molar-refractivity contribution is -0.109. The number of para-hydroxylation sites is 3. The van der Waals surface area contributed by atoms with E-state index >= 15 is 0 Å². The number of benzene rings is 2. The summed E-state index contributed by atoms with van der Waals surface area (Å²) < 4.78 is 8.10. The fourth-order valence-corrected chi connectivity index (χ4v) is 3.48. The molecule has 1 aliphatic rings. The quantitative estimate of drug-likeness (QED) is 0.704. The molecule has 1 aromatic heterocycles. The first-order valence-corrected chi connectivity index (χ1v) is 8.67. The average molecular weight is 335 g/mol. The van der Waals surface area contributed by atoms with Crippen LogP contribution in [0.2, 0.25) is 0 Å². The highest BCUT2D eigenvalue weighted by Crippen LogP contribution is 2.28. The van der Waals surface area contributed by atoms with Gasteiger partial charge in [0.05, 0.1) is 23.6 Å². The van der Waals surface area contributed by atoms with Crippen LogP contribution in [0.15, 0.2) is 54.6 Å². The number of hydrogen-bond donors (Lipinski definition) is 1. The van der Waals surface area contributed by atoms with Gasteiger partial charge in [-0.3, -0.25) is 0 Å². The van der Waals surface area contributed by atoms with Gasteiger partial charge in [-0.2, -0.15) is 0 Å². The maximum absolute atomic E-state index is 11.1. The zero-order valence-electron chi connectivity index (χ0n) is 14.0. The number of ether oxygens (including phenoxy) is 1. The van der Waals surface area contributed by atoms with Gasteiger partial charge in [0.2, 0.25) is 0 Å². The van der Waals surface area contributed by atoms with Crippen molar-refractivity contribution >= 4 is 17.3 Å².